The van der Waals surface area contributed by atoms with Crippen molar-refractivity contribution in [2.45, 2.75) is 25.7 Å². The van der Waals surface area contributed by atoms with Crippen molar-refractivity contribution < 1.29 is 9.90 Å². The Morgan fingerprint density at radius 3 is 2.79 bits per heavy atom. The highest BCUT2D eigenvalue weighted by Gasteiger charge is 1.99. The van der Waals surface area contributed by atoms with Gasteiger partial charge in [-0.25, -0.2) is 4.79 Å². The number of amides is 1. The average molecular weight is 258 g/mol. The predicted molar refractivity (Wildman–Crippen MR) is 75.3 cm³/mol. The molecule has 0 atom stereocenters. The van der Waals surface area contributed by atoms with Crippen molar-refractivity contribution in [3.63, 3.8) is 0 Å². The van der Waals surface area contributed by atoms with Crippen molar-refractivity contribution in [1.29, 1.82) is 0 Å². The van der Waals surface area contributed by atoms with E-state index in [2.05, 4.69) is 28.5 Å². The maximum absolute atomic E-state index is 10.3. The summed E-state index contributed by atoms with van der Waals surface area (Å²) >= 11 is 0. The topological polar surface area (TPSA) is 62.2 Å². The van der Waals surface area contributed by atoms with E-state index in [0.29, 0.717) is 6.54 Å². The summed E-state index contributed by atoms with van der Waals surface area (Å²) < 4.78 is 0. The van der Waals surface area contributed by atoms with Crippen LogP contribution >= 0.6 is 0 Å². The van der Waals surface area contributed by atoms with Crippen LogP contribution in [0.4, 0.5) is 4.79 Å². The smallest absolute Gasteiger partial charge is 0.404 e. The molecular weight excluding hydrogens is 240 g/mol. The summed E-state index contributed by atoms with van der Waals surface area (Å²) in [6.07, 6.45) is 2.91. The van der Waals surface area contributed by atoms with E-state index in [-0.39, 0.29) is 0 Å². The zero-order chi connectivity index (χ0) is 13.5. The van der Waals surface area contributed by atoms with Crippen LogP contribution in [-0.4, -0.2) is 22.7 Å². The van der Waals surface area contributed by atoms with E-state index in [1.54, 1.807) is 0 Å². The van der Waals surface area contributed by atoms with Crippen LogP contribution in [0.15, 0.2) is 36.4 Å². The summed E-state index contributed by atoms with van der Waals surface area (Å²) in [4.78, 5) is 14.9. The Bertz CT molecular complexity index is 555. The molecule has 4 nitrogen and oxygen atoms in total. The highest BCUT2D eigenvalue weighted by Crippen LogP contribution is 2.13. The van der Waals surface area contributed by atoms with Gasteiger partial charge in [0, 0.05) is 17.6 Å². The number of benzene rings is 1. The van der Waals surface area contributed by atoms with Gasteiger partial charge < -0.3 is 10.4 Å². The second kappa shape index (κ2) is 6.73. The molecule has 0 aliphatic heterocycles. The first-order valence-electron chi connectivity index (χ1n) is 6.57. The molecule has 0 saturated heterocycles. The maximum atomic E-state index is 10.3. The lowest BCUT2D eigenvalue weighted by Crippen LogP contribution is -2.21. The normalized spacial score (nSPS) is 10.5. The van der Waals surface area contributed by atoms with E-state index >= 15 is 0 Å². The third kappa shape index (κ3) is 4.25. The Morgan fingerprint density at radius 2 is 1.95 bits per heavy atom. The number of unbranched alkanes of at least 4 members (excludes halogenated alkanes) is 2. The second-order valence-corrected chi connectivity index (χ2v) is 4.54. The Hall–Kier alpha value is -2.10. The number of pyridine rings is 1. The number of hydrogen-bond acceptors (Lipinski definition) is 2. The molecule has 0 bridgehead atoms. The zero-order valence-corrected chi connectivity index (χ0v) is 10.8. The van der Waals surface area contributed by atoms with Gasteiger partial charge >= 0.3 is 6.09 Å². The van der Waals surface area contributed by atoms with Crippen molar-refractivity contribution in [1.82, 2.24) is 10.3 Å². The molecule has 0 spiro atoms. The van der Waals surface area contributed by atoms with Crippen LogP contribution in [0, 0.1) is 0 Å². The van der Waals surface area contributed by atoms with E-state index in [4.69, 9.17) is 5.11 Å². The number of para-hydroxylation sites is 1. The first kappa shape index (κ1) is 13.3. The van der Waals surface area contributed by atoms with Crippen LogP contribution in [0.5, 0.6) is 0 Å². The summed E-state index contributed by atoms with van der Waals surface area (Å²) in [7, 11) is 0. The fourth-order valence-electron chi connectivity index (χ4n) is 2.05. The molecule has 4 heteroatoms. The number of hydrogen-bond donors (Lipinski definition) is 2. The van der Waals surface area contributed by atoms with Crippen LogP contribution in [0.2, 0.25) is 0 Å². The van der Waals surface area contributed by atoms with Gasteiger partial charge in [-0.1, -0.05) is 30.7 Å². The van der Waals surface area contributed by atoms with E-state index in [9.17, 15) is 4.79 Å². The van der Waals surface area contributed by atoms with Crippen LogP contribution in [0.25, 0.3) is 10.9 Å². The van der Waals surface area contributed by atoms with E-state index in [1.165, 1.54) is 0 Å². The SMILES string of the molecule is O=C(O)NCCCCCc1ccc2ccccc2n1. The van der Waals surface area contributed by atoms with Crippen molar-refractivity contribution in [3.05, 3.63) is 42.1 Å². The minimum atomic E-state index is -0.948. The quantitative estimate of drug-likeness (QED) is 0.782. The van der Waals surface area contributed by atoms with E-state index < -0.39 is 6.09 Å². The molecule has 1 amide bonds. The number of rotatable bonds is 6. The molecule has 1 aromatic carbocycles. The lowest BCUT2D eigenvalue weighted by atomic mass is 10.1. The Labute approximate surface area is 112 Å². The molecule has 2 rings (SSSR count). The van der Waals surface area contributed by atoms with Gasteiger partial charge in [-0.3, -0.25) is 4.98 Å². The summed E-state index contributed by atoms with van der Waals surface area (Å²) in [5.74, 6) is 0. The average Bonchev–Trinajstić information content (AvgIpc) is 2.42. The third-order valence-electron chi connectivity index (χ3n) is 3.04. The molecular formula is C15H18N2O2. The van der Waals surface area contributed by atoms with Gasteiger partial charge in [0.1, 0.15) is 0 Å². The van der Waals surface area contributed by atoms with Crippen LogP contribution in [0.1, 0.15) is 25.0 Å². The lowest BCUT2D eigenvalue weighted by molar-refractivity contribution is 0.194. The molecule has 0 fully saturated rings. The molecule has 1 heterocycles. The fraction of sp³-hybridized carbons (Fsp3) is 0.333. The first-order chi connectivity index (χ1) is 9.25. The first-order valence-corrected chi connectivity index (χ1v) is 6.57. The zero-order valence-electron chi connectivity index (χ0n) is 10.8. The van der Waals surface area contributed by atoms with Crippen LogP contribution in [-0.2, 0) is 6.42 Å². The monoisotopic (exact) mass is 258 g/mol. The number of nitrogens with one attached hydrogen (secondary N) is 1. The summed E-state index contributed by atoms with van der Waals surface area (Å²) in [6, 6.07) is 12.3. The Morgan fingerprint density at radius 1 is 1.11 bits per heavy atom. The molecule has 0 radical (unpaired) electrons. The molecule has 2 N–H and O–H groups in total. The van der Waals surface area contributed by atoms with Crippen molar-refractivity contribution in [2.24, 2.45) is 0 Å². The van der Waals surface area contributed by atoms with Crippen molar-refractivity contribution in [2.75, 3.05) is 6.54 Å². The Kier molecular flexibility index (Phi) is 4.72. The lowest BCUT2D eigenvalue weighted by Gasteiger charge is -2.03. The maximum Gasteiger partial charge on any atom is 0.404 e. The number of nitrogens with zero attached hydrogens (tertiary/aromatic N) is 1. The van der Waals surface area contributed by atoms with E-state index in [1.807, 2.05) is 18.2 Å². The summed E-state index contributed by atoms with van der Waals surface area (Å²) in [5, 5.41) is 12.0. The van der Waals surface area contributed by atoms with Gasteiger partial charge in [-0.2, -0.15) is 0 Å². The van der Waals surface area contributed by atoms with Gasteiger partial charge in [0.2, 0.25) is 0 Å². The van der Waals surface area contributed by atoms with Crippen molar-refractivity contribution in [3.8, 4) is 0 Å². The Balaban J connectivity index is 1.77. The number of aryl methyl sites for hydroxylation is 1. The summed E-state index contributed by atoms with van der Waals surface area (Å²) in [6.45, 7) is 0.528. The predicted octanol–water partition coefficient (Wildman–Crippen LogP) is 3.22. The number of aromatic nitrogens is 1. The molecule has 1 aromatic heterocycles. The van der Waals surface area contributed by atoms with Gasteiger partial charge in [0.05, 0.1) is 5.52 Å². The van der Waals surface area contributed by atoms with Gasteiger partial charge in [-0.05, 0) is 31.4 Å². The van der Waals surface area contributed by atoms with Crippen molar-refractivity contribution >= 4 is 17.0 Å². The molecule has 0 saturated carbocycles. The standard InChI is InChI=1S/C15H18N2O2/c18-15(19)16-11-5-1-2-7-13-10-9-12-6-3-4-8-14(12)17-13/h3-4,6,8-10,16H,1-2,5,7,11H2,(H,18,19). The van der Waals surface area contributed by atoms with Crippen LogP contribution < -0.4 is 5.32 Å². The number of fused-ring (bicyclic) bond motifs is 1. The molecule has 0 unspecified atom stereocenters. The molecule has 0 aliphatic rings. The van der Waals surface area contributed by atoms with Gasteiger partial charge in [0.15, 0.2) is 0 Å². The molecule has 2 aromatic rings. The highest BCUT2D eigenvalue weighted by atomic mass is 16.4. The van der Waals surface area contributed by atoms with Gasteiger partial charge in [0.25, 0.3) is 0 Å². The third-order valence-corrected chi connectivity index (χ3v) is 3.04. The fourth-order valence-corrected chi connectivity index (χ4v) is 2.05. The minimum Gasteiger partial charge on any atom is -0.465 e. The largest absolute Gasteiger partial charge is 0.465 e. The highest BCUT2D eigenvalue weighted by molar-refractivity contribution is 5.78. The summed E-state index contributed by atoms with van der Waals surface area (Å²) in [5.41, 5.74) is 2.14. The molecule has 0 aliphatic carbocycles. The molecule has 19 heavy (non-hydrogen) atoms. The second-order valence-electron chi connectivity index (χ2n) is 4.54. The van der Waals surface area contributed by atoms with Gasteiger partial charge in [-0.15, -0.1) is 0 Å². The van der Waals surface area contributed by atoms with E-state index in [0.717, 1.165) is 42.3 Å². The molecule has 100 valence electrons. The van der Waals surface area contributed by atoms with Crippen LogP contribution in [0.3, 0.4) is 0 Å². The number of carbonyl (C=O) groups is 1. The number of carboxylic acid groups (broad SMARTS) is 1. The minimum absolute atomic E-state index is 0.528.